The highest BCUT2D eigenvalue weighted by Gasteiger charge is 2.42. The van der Waals surface area contributed by atoms with Crippen LogP contribution in [0.1, 0.15) is 38.3 Å². The topological polar surface area (TPSA) is 91.4 Å². The van der Waals surface area contributed by atoms with Gasteiger partial charge in [0.25, 0.3) is 0 Å². The molecule has 0 saturated carbocycles. The standard InChI is InChI=1S/C22H20N4O4/c1-22(2)9-13-18(14(27)10-22)19(12-5-6-15-17(8-12)30-11-29-15)26-21(23-13)24-20(25-26)16-4-3-7-28-16/h3-8,19H,9-11H2,1-2H3,(H,23,24,25). The molecule has 0 spiro atoms. The maximum atomic E-state index is 13.3. The van der Waals surface area contributed by atoms with Crippen molar-refractivity contribution in [2.75, 3.05) is 12.1 Å². The van der Waals surface area contributed by atoms with E-state index in [0.717, 1.165) is 23.3 Å². The Bertz CT molecular complexity index is 1210. The van der Waals surface area contributed by atoms with Crippen molar-refractivity contribution in [3.05, 3.63) is 53.4 Å². The number of furan rings is 1. The van der Waals surface area contributed by atoms with Crippen LogP contribution in [0.5, 0.6) is 11.5 Å². The minimum Gasteiger partial charge on any atom is -0.461 e. The monoisotopic (exact) mass is 404 g/mol. The normalized spacial score (nSPS) is 21.3. The summed E-state index contributed by atoms with van der Waals surface area (Å²) in [5, 5.41) is 8.07. The number of Topliss-reactive ketones (excluding diaryl/α,β-unsaturated/α-hetero) is 1. The Balaban J connectivity index is 1.54. The zero-order valence-electron chi connectivity index (χ0n) is 16.6. The largest absolute Gasteiger partial charge is 0.461 e. The van der Waals surface area contributed by atoms with E-state index in [1.54, 1.807) is 17.0 Å². The molecule has 8 nitrogen and oxygen atoms in total. The van der Waals surface area contributed by atoms with Crippen molar-refractivity contribution < 1.29 is 18.7 Å². The zero-order chi connectivity index (χ0) is 20.5. The van der Waals surface area contributed by atoms with Crippen molar-refractivity contribution in [1.82, 2.24) is 14.8 Å². The van der Waals surface area contributed by atoms with E-state index < -0.39 is 6.04 Å². The molecule has 0 saturated heterocycles. The van der Waals surface area contributed by atoms with Gasteiger partial charge in [-0.2, -0.15) is 4.98 Å². The van der Waals surface area contributed by atoms with Crippen molar-refractivity contribution in [3.8, 4) is 23.1 Å². The Morgan fingerprint density at radius 1 is 1.17 bits per heavy atom. The molecule has 30 heavy (non-hydrogen) atoms. The lowest BCUT2D eigenvalue weighted by atomic mass is 9.73. The van der Waals surface area contributed by atoms with Crippen LogP contribution >= 0.6 is 0 Å². The molecule has 1 unspecified atom stereocenters. The number of carbonyl (C=O) groups is 1. The van der Waals surface area contributed by atoms with Gasteiger partial charge in [-0.15, -0.1) is 5.10 Å². The molecule has 2 aromatic heterocycles. The van der Waals surface area contributed by atoms with Gasteiger partial charge in [-0.1, -0.05) is 19.9 Å². The summed E-state index contributed by atoms with van der Waals surface area (Å²) in [4.78, 5) is 17.9. The molecular weight excluding hydrogens is 384 g/mol. The molecule has 1 aliphatic carbocycles. The van der Waals surface area contributed by atoms with Gasteiger partial charge in [-0.3, -0.25) is 4.79 Å². The summed E-state index contributed by atoms with van der Waals surface area (Å²) in [6.07, 6.45) is 2.84. The van der Waals surface area contributed by atoms with E-state index in [1.807, 2.05) is 24.3 Å². The summed E-state index contributed by atoms with van der Waals surface area (Å²) in [5.74, 6) is 3.13. The van der Waals surface area contributed by atoms with Crippen molar-refractivity contribution in [2.45, 2.75) is 32.7 Å². The molecule has 8 heteroatoms. The van der Waals surface area contributed by atoms with Crippen LogP contribution in [0, 0.1) is 5.41 Å². The fourth-order valence-corrected chi connectivity index (χ4v) is 4.51. The first-order valence-corrected chi connectivity index (χ1v) is 9.92. The molecule has 0 bridgehead atoms. The van der Waals surface area contributed by atoms with Gasteiger partial charge in [0.15, 0.2) is 23.0 Å². The van der Waals surface area contributed by atoms with Gasteiger partial charge >= 0.3 is 0 Å². The average molecular weight is 404 g/mol. The van der Waals surface area contributed by atoms with E-state index in [9.17, 15) is 4.79 Å². The smallest absolute Gasteiger partial charge is 0.231 e. The number of ketones is 1. The Morgan fingerprint density at radius 2 is 2.03 bits per heavy atom. The number of allylic oxidation sites excluding steroid dienone is 2. The van der Waals surface area contributed by atoms with E-state index in [4.69, 9.17) is 19.0 Å². The van der Waals surface area contributed by atoms with Gasteiger partial charge in [-0.05, 0) is 41.7 Å². The molecule has 1 N–H and O–H groups in total. The van der Waals surface area contributed by atoms with Crippen LogP contribution < -0.4 is 14.8 Å². The summed E-state index contributed by atoms with van der Waals surface area (Å²) < 4.78 is 18.3. The number of benzene rings is 1. The summed E-state index contributed by atoms with van der Waals surface area (Å²) in [6.45, 7) is 4.42. The van der Waals surface area contributed by atoms with Crippen molar-refractivity contribution in [2.24, 2.45) is 5.41 Å². The van der Waals surface area contributed by atoms with Gasteiger partial charge in [0.05, 0.1) is 6.26 Å². The fraction of sp³-hybridized carbons (Fsp3) is 0.318. The predicted octanol–water partition coefficient (Wildman–Crippen LogP) is 3.92. The minimum absolute atomic E-state index is 0.117. The van der Waals surface area contributed by atoms with E-state index in [0.29, 0.717) is 35.5 Å². The Kier molecular flexibility index (Phi) is 3.45. The number of anilines is 1. The van der Waals surface area contributed by atoms with E-state index >= 15 is 0 Å². The fourth-order valence-electron chi connectivity index (χ4n) is 4.51. The molecule has 1 atom stereocenters. The second-order valence-corrected chi connectivity index (χ2v) is 8.65. The third-order valence-corrected chi connectivity index (χ3v) is 5.79. The third kappa shape index (κ3) is 2.56. The SMILES string of the molecule is CC1(C)CC(=O)C2=C(C1)Nc1nc(-c3ccco3)nn1C2c1ccc2c(c1)OCO2. The summed E-state index contributed by atoms with van der Waals surface area (Å²) in [7, 11) is 0. The number of nitrogens with zero attached hydrogens (tertiary/aromatic N) is 3. The molecule has 6 rings (SSSR count). The van der Waals surface area contributed by atoms with Crippen LogP contribution in [0.4, 0.5) is 5.95 Å². The number of hydrogen-bond donors (Lipinski definition) is 1. The third-order valence-electron chi connectivity index (χ3n) is 5.79. The van der Waals surface area contributed by atoms with Gasteiger partial charge in [0.1, 0.15) is 6.04 Å². The van der Waals surface area contributed by atoms with Crippen molar-refractivity contribution in [3.63, 3.8) is 0 Å². The number of carbonyl (C=O) groups excluding carboxylic acids is 1. The van der Waals surface area contributed by atoms with E-state index in [1.165, 1.54) is 0 Å². The van der Waals surface area contributed by atoms with Crippen LogP contribution in [-0.2, 0) is 4.79 Å². The van der Waals surface area contributed by atoms with Crippen molar-refractivity contribution >= 4 is 11.7 Å². The van der Waals surface area contributed by atoms with Gasteiger partial charge in [0, 0.05) is 17.7 Å². The molecule has 152 valence electrons. The quantitative estimate of drug-likeness (QED) is 0.692. The second-order valence-electron chi connectivity index (χ2n) is 8.65. The average Bonchev–Trinajstić information content (AvgIpc) is 3.43. The molecule has 0 radical (unpaired) electrons. The highest BCUT2D eigenvalue weighted by atomic mass is 16.7. The maximum absolute atomic E-state index is 13.3. The molecule has 0 amide bonds. The zero-order valence-corrected chi connectivity index (χ0v) is 16.6. The van der Waals surface area contributed by atoms with Crippen LogP contribution in [0.25, 0.3) is 11.6 Å². The maximum Gasteiger partial charge on any atom is 0.231 e. The van der Waals surface area contributed by atoms with Crippen LogP contribution in [0.3, 0.4) is 0 Å². The van der Waals surface area contributed by atoms with E-state index in [-0.39, 0.29) is 18.0 Å². The summed E-state index contributed by atoms with van der Waals surface area (Å²) in [6, 6.07) is 8.98. The molecule has 1 aromatic carbocycles. The summed E-state index contributed by atoms with van der Waals surface area (Å²) >= 11 is 0. The highest BCUT2D eigenvalue weighted by Crippen LogP contribution is 2.47. The first kappa shape index (κ1) is 17.3. The highest BCUT2D eigenvalue weighted by molar-refractivity contribution is 6.00. The Labute approximate surface area is 172 Å². The lowest BCUT2D eigenvalue weighted by molar-refractivity contribution is -0.118. The van der Waals surface area contributed by atoms with Gasteiger partial charge in [-0.25, -0.2) is 4.68 Å². The predicted molar refractivity (Wildman–Crippen MR) is 107 cm³/mol. The minimum atomic E-state index is -0.398. The van der Waals surface area contributed by atoms with Crippen LogP contribution in [-0.4, -0.2) is 27.3 Å². The number of hydrogen-bond acceptors (Lipinski definition) is 7. The lowest BCUT2D eigenvalue weighted by Gasteiger charge is -2.38. The van der Waals surface area contributed by atoms with E-state index in [2.05, 4.69) is 24.1 Å². The van der Waals surface area contributed by atoms with Crippen LogP contribution in [0.15, 0.2) is 52.3 Å². The van der Waals surface area contributed by atoms with Crippen molar-refractivity contribution in [1.29, 1.82) is 0 Å². The second kappa shape index (κ2) is 5.98. The molecule has 0 fully saturated rings. The Morgan fingerprint density at radius 3 is 2.87 bits per heavy atom. The molecule has 4 heterocycles. The van der Waals surface area contributed by atoms with Crippen LogP contribution in [0.2, 0.25) is 0 Å². The number of fused-ring (bicyclic) bond motifs is 2. The number of rotatable bonds is 2. The Hall–Kier alpha value is -3.55. The number of ether oxygens (including phenoxy) is 2. The molecule has 2 aliphatic heterocycles. The number of nitrogens with one attached hydrogen (secondary N) is 1. The summed E-state index contributed by atoms with van der Waals surface area (Å²) in [5.41, 5.74) is 2.42. The number of aromatic nitrogens is 3. The molecule has 3 aromatic rings. The van der Waals surface area contributed by atoms with Gasteiger partial charge < -0.3 is 19.2 Å². The lowest BCUT2D eigenvalue weighted by Crippen LogP contribution is -2.36. The first-order valence-electron chi connectivity index (χ1n) is 9.92. The molecular formula is C22H20N4O4. The first-order chi connectivity index (χ1) is 14.5. The van der Waals surface area contributed by atoms with Gasteiger partial charge in [0.2, 0.25) is 18.6 Å². The molecule has 3 aliphatic rings.